The lowest BCUT2D eigenvalue weighted by Gasteiger charge is -2.30. The molecule has 4 unspecified atom stereocenters. The maximum atomic E-state index is 13.2. The number of hydrogen-bond donors (Lipinski definition) is 6. The number of rotatable bonds is 11. The maximum Gasteiger partial charge on any atom is 0.326 e. The number of carbonyl (C=O) groups excluding carboxylic acids is 3. The van der Waals surface area contributed by atoms with Gasteiger partial charge in [-0.15, -0.1) is 0 Å². The van der Waals surface area contributed by atoms with Gasteiger partial charge in [0.05, 0.1) is 12.5 Å². The summed E-state index contributed by atoms with van der Waals surface area (Å²) in [5.41, 5.74) is 6.59. The van der Waals surface area contributed by atoms with Crippen molar-refractivity contribution in [3.05, 3.63) is 29.8 Å². The Labute approximate surface area is 202 Å². The molecular formula is C23H32N4O8. The molecule has 3 amide bonds. The zero-order valence-electron chi connectivity index (χ0n) is 19.6. The molecule has 1 aliphatic rings. The molecule has 0 aromatic heterocycles. The van der Waals surface area contributed by atoms with Crippen molar-refractivity contribution in [3.63, 3.8) is 0 Å². The first kappa shape index (κ1) is 27.6. The van der Waals surface area contributed by atoms with E-state index >= 15 is 0 Å². The zero-order chi connectivity index (χ0) is 26.3. The molecule has 192 valence electrons. The molecule has 7 N–H and O–H groups in total. The molecule has 1 aromatic carbocycles. The third-order valence-corrected chi connectivity index (χ3v) is 5.79. The van der Waals surface area contributed by atoms with E-state index in [2.05, 4.69) is 10.6 Å². The molecule has 0 spiro atoms. The number of aromatic hydroxyl groups is 1. The van der Waals surface area contributed by atoms with Crippen molar-refractivity contribution >= 4 is 29.7 Å². The third-order valence-electron chi connectivity index (χ3n) is 5.79. The molecule has 0 radical (unpaired) electrons. The molecule has 35 heavy (non-hydrogen) atoms. The van der Waals surface area contributed by atoms with Gasteiger partial charge in [-0.3, -0.25) is 19.2 Å². The number of likely N-dealkylation sites (tertiary alicyclic amines) is 1. The SMILES string of the molecule is CC(C)C(NC(=O)C1CCCN1C(=O)C(CC(=O)O)NC(=O)C(N)Cc1ccc(O)cc1)C(=O)O. The number of carboxylic acids is 2. The van der Waals surface area contributed by atoms with Crippen molar-refractivity contribution in [3.8, 4) is 5.75 Å². The van der Waals surface area contributed by atoms with Crippen molar-refractivity contribution in [2.24, 2.45) is 11.7 Å². The Kier molecular flexibility index (Phi) is 9.58. The molecule has 1 aromatic rings. The van der Waals surface area contributed by atoms with Gasteiger partial charge < -0.3 is 36.6 Å². The largest absolute Gasteiger partial charge is 0.508 e. The van der Waals surface area contributed by atoms with Crippen LogP contribution in [0.3, 0.4) is 0 Å². The number of benzene rings is 1. The zero-order valence-corrected chi connectivity index (χ0v) is 19.6. The van der Waals surface area contributed by atoms with E-state index in [0.29, 0.717) is 12.0 Å². The number of amides is 3. The van der Waals surface area contributed by atoms with Crippen molar-refractivity contribution in [1.82, 2.24) is 15.5 Å². The fraction of sp³-hybridized carbons (Fsp3) is 0.522. The molecule has 0 aliphatic carbocycles. The molecule has 12 heteroatoms. The van der Waals surface area contributed by atoms with E-state index in [9.17, 15) is 39.3 Å². The van der Waals surface area contributed by atoms with E-state index in [-0.39, 0.29) is 25.1 Å². The summed E-state index contributed by atoms with van der Waals surface area (Å²) < 4.78 is 0. The number of carboxylic acid groups (broad SMARTS) is 2. The predicted molar refractivity (Wildman–Crippen MR) is 123 cm³/mol. The first-order chi connectivity index (χ1) is 16.4. The quantitative estimate of drug-likeness (QED) is 0.234. The fourth-order valence-corrected chi connectivity index (χ4v) is 3.90. The Morgan fingerprint density at radius 3 is 2.26 bits per heavy atom. The smallest absolute Gasteiger partial charge is 0.326 e. The number of nitrogens with zero attached hydrogens (tertiary/aromatic N) is 1. The predicted octanol–water partition coefficient (Wildman–Crippen LogP) is -0.562. The van der Waals surface area contributed by atoms with Gasteiger partial charge in [-0.1, -0.05) is 26.0 Å². The van der Waals surface area contributed by atoms with E-state index < -0.39 is 66.2 Å². The van der Waals surface area contributed by atoms with E-state index in [4.69, 9.17) is 5.73 Å². The van der Waals surface area contributed by atoms with Crippen LogP contribution in [0.15, 0.2) is 24.3 Å². The maximum absolute atomic E-state index is 13.2. The summed E-state index contributed by atoms with van der Waals surface area (Å²) in [6.07, 6.45) is 0.0964. The van der Waals surface area contributed by atoms with Gasteiger partial charge in [0.2, 0.25) is 17.7 Å². The van der Waals surface area contributed by atoms with Crippen LogP contribution in [-0.2, 0) is 30.4 Å². The lowest BCUT2D eigenvalue weighted by Crippen LogP contribution is -2.57. The van der Waals surface area contributed by atoms with E-state index in [1.54, 1.807) is 26.0 Å². The summed E-state index contributed by atoms with van der Waals surface area (Å²) in [7, 11) is 0. The minimum atomic E-state index is -1.46. The highest BCUT2D eigenvalue weighted by Crippen LogP contribution is 2.20. The van der Waals surface area contributed by atoms with Crippen LogP contribution in [0.4, 0.5) is 0 Å². The van der Waals surface area contributed by atoms with Gasteiger partial charge in [0.1, 0.15) is 23.9 Å². The average Bonchev–Trinajstić information content (AvgIpc) is 3.27. The average molecular weight is 493 g/mol. The molecular weight excluding hydrogens is 460 g/mol. The minimum Gasteiger partial charge on any atom is -0.508 e. The van der Waals surface area contributed by atoms with Gasteiger partial charge in [0.25, 0.3) is 0 Å². The molecule has 1 saturated heterocycles. The molecule has 0 saturated carbocycles. The second kappa shape index (κ2) is 12.2. The normalized spacial score (nSPS) is 17.9. The lowest BCUT2D eigenvalue weighted by molar-refractivity contribution is -0.147. The lowest BCUT2D eigenvalue weighted by atomic mass is 10.0. The van der Waals surface area contributed by atoms with Crippen LogP contribution in [0, 0.1) is 5.92 Å². The summed E-state index contributed by atoms with van der Waals surface area (Å²) in [5.74, 6) is -5.04. The number of aliphatic carboxylic acids is 2. The Morgan fingerprint density at radius 1 is 1.09 bits per heavy atom. The van der Waals surface area contributed by atoms with Gasteiger partial charge in [-0.25, -0.2) is 4.79 Å². The Balaban J connectivity index is 2.11. The van der Waals surface area contributed by atoms with Gasteiger partial charge >= 0.3 is 11.9 Å². The summed E-state index contributed by atoms with van der Waals surface area (Å²) in [6.45, 7) is 3.43. The summed E-state index contributed by atoms with van der Waals surface area (Å²) >= 11 is 0. The molecule has 12 nitrogen and oxygen atoms in total. The summed E-state index contributed by atoms with van der Waals surface area (Å²) in [5, 5.41) is 32.8. The molecule has 2 rings (SSSR count). The van der Waals surface area contributed by atoms with E-state index in [1.165, 1.54) is 17.0 Å². The summed E-state index contributed by atoms with van der Waals surface area (Å²) in [4.78, 5) is 62.6. The highest BCUT2D eigenvalue weighted by atomic mass is 16.4. The molecule has 4 atom stereocenters. The van der Waals surface area contributed by atoms with E-state index in [1.807, 2.05) is 0 Å². The van der Waals surface area contributed by atoms with Crippen molar-refractivity contribution in [2.75, 3.05) is 6.54 Å². The standard InChI is InChI=1S/C23H32N4O8/c1-12(2)19(23(34)35)26-21(32)17-4-3-9-27(17)22(33)16(11-18(29)30)25-20(31)15(24)10-13-5-7-14(28)8-6-13/h5-8,12,15-17,19,28H,3-4,9-11,24H2,1-2H3,(H,25,31)(H,26,32)(H,29,30)(H,34,35). The fourth-order valence-electron chi connectivity index (χ4n) is 3.90. The third kappa shape index (κ3) is 7.67. The first-order valence-corrected chi connectivity index (χ1v) is 11.3. The molecule has 1 aliphatic heterocycles. The van der Waals surface area contributed by atoms with Crippen LogP contribution in [0.1, 0.15) is 38.7 Å². The van der Waals surface area contributed by atoms with Crippen LogP contribution in [0.2, 0.25) is 0 Å². The highest BCUT2D eigenvalue weighted by molar-refractivity contribution is 5.96. The number of nitrogens with one attached hydrogen (secondary N) is 2. The van der Waals surface area contributed by atoms with Gasteiger partial charge in [-0.2, -0.15) is 0 Å². The number of phenols is 1. The minimum absolute atomic E-state index is 0.0474. The van der Waals surface area contributed by atoms with Crippen molar-refractivity contribution < 1.29 is 39.3 Å². The van der Waals surface area contributed by atoms with Crippen LogP contribution in [0.5, 0.6) is 5.75 Å². The summed E-state index contributed by atoms with van der Waals surface area (Å²) in [6, 6.07) is 1.35. The molecule has 1 heterocycles. The second-order valence-electron chi connectivity index (χ2n) is 8.89. The highest BCUT2D eigenvalue weighted by Gasteiger charge is 2.40. The number of hydrogen-bond acceptors (Lipinski definition) is 7. The van der Waals surface area contributed by atoms with Crippen LogP contribution in [0.25, 0.3) is 0 Å². The van der Waals surface area contributed by atoms with Crippen LogP contribution < -0.4 is 16.4 Å². The van der Waals surface area contributed by atoms with Crippen molar-refractivity contribution in [1.29, 1.82) is 0 Å². The van der Waals surface area contributed by atoms with Crippen LogP contribution >= 0.6 is 0 Å². The Morgan fingerprint density at radius 2 is 1.71 bits per heavy atom. The number of phenolic OH excluding ortho intramolecular Hbond substituents is 1. The topological polar surface area (TPSA) is 199 Å². The Bertz CT molecular complexity index is 949. The number of carbonyl (C=O) groups is 5. The number of nitrogens with two attached hydrogens (primary N) is 1. The van der Waals surface area contributed by atoms with Crippen LogP contribution in [-0.4, -0.2) is 80.6 Å². The monoisotopic (exact) mass is 492 g/mol. The van der Waals surface area contributed by atoms with Gasteiger partial charge in [-0.05, 0) is 42.9 Å². The molecule has 1 fully saturated rings. The van der Waals surface area contributed by atoms with Crippen molar-refractivity contribution in [2.45, 2.75) is 63.7 Å². The van der Waals surface area contributed by atoms with E-state index in [0.717, 1.165) is 0 Å². The van der Waals surface area contributed by atoms with Gasteiger partial charge in [0, 0.05) is 6.54 Å². The molecule has 0 bridgehead atoms. The van der Waals surface area contributed by atoms with Gasteiger partial charge in [0.15, 0.2) is 0 Å². The first-order valence-electron chi connectivity index (χ1n) is 11.3. The second-order valence-corrected chi connectivity index (χ2v) is 8.89. The Hall–Kier alpha value is -3.67.